The third-order valence-electron chi connectivity index (χ3n) is 6.83. The molecule has 1 aromatic rings. The summed E-state index contributed by atoms with van der Waals surface area (Å²) in [6, 6.07) is 9.17. The summed E-state index contributed by atoms with van der Waals surface area (Å²) in [5, 5.41) is 0. The van der Waals surface area contributed by atoms with Gasteiger partial charge in [0.15, 0.2) is 0 Å². The normalized spacial score (nSPS) is 23.9. The number of carbonyl (C=O) groups is 3. The van der Waals surface area contributed by atoms with E-state index in [2.05, 4.69) is 4.90 Å². The van der Waals surface area contributed by atoms with Gasteiger partial charge in [0.1, 0.15) is 12.6 Å². The lowest BCUT2D eigenvalue weighted by molar-refractivity contribution is -0.141. The van der Waals surface area contributed by atoms with E-state index in [9.17, 15) is 14.4 Å². The molecule has 3 aliphatic rings. The Bertz CT molecular complexity index is 877. The molecule has 1 aromatic carbocycles. The molecule has 2 atom stereocenters. The van der Waals surface area contributed by atoms with Crippen molar-refractivity contribution in [3.05, 3.63) is 35.9 Å². The fourth-order valence-electron chi connectivity index (χ4n) is 4.88. The fraction of sp³-hybridized carbons (Fsp3) is 0.640. The first-order valence-electron chi connectivity index (χ1n) is 12.1. The first kappa shape index (κ1) is 24.9. The molecule has 8 nitrogen and oxygen atoms in total. The highest BCUT2D eigenvalue weighted by Crippen LogP contribution is 2.28. The number of carbonyl (C=O) groups excluding carboxylic acids is 3. The zero-order valence-corrected chi connectivity index (χ0v) is 21.3. The Morgan fingerprint density at radius 3 is 2.32 bits per heavy atom. The number of likely N-dealkylation sites (tertiary alicyclic amines) is 1. The number of rotatable bonds is 4. The fourth-order valence-corrected chi connectivity index (χ4v) is 5.83. The van der Waals surface area contributed by atoms with Crippen molar-refractivity contribution in [2.75, 3.05) is 50.9 Å². The summed E-state index contributed by atoms with van der Waals surface area (Å²) in [5.74, 6) is 1.81. The van der Waals surface area contributed by atoms with Crippen molar-refractivity contribution in [1.82, 2.24) is 19.6 Å². The first-order chi connectivity index (χ1) is 16.2. The number of thioether (sulfide) groups is 1. The number of hydrogen-bond donors (Lipinski definition) is 0. The van der Waals surface area contributed by atoms with Crippen molar-refractivity contribution < 1.29 is 19.1 Å². The molecule has 34 heavy (non-hydrogen) atoms. The highest BCUT2D eigenvalue weighted by atomic mass is 32.2. The molecule has 0 unspecified atom stereocenters. The van der Waals surface area contributed by atoms with Gasteiger partial charge >= 0.3 is 6.09 Å². The maximum absolute atomic E-state index is 13.3. The largest absolute Gasteiger partial charge is 0.445 e. The summed E-state index contributed by atoms with van der Waals surface area (Å²) >= 11 is 1.74. The molecule has 0 bridgehead atoms. The van der Waals surface area contributed by atoms with Gasteiger partial charge in [-0.25, -0.2) is 4.79 Å². The quantitative estimate of drug-likeness (QED) is 0.649. The van der Waals surface area contributed by atoms with Gasteiger partial charge < -0.3 is 14.5 Å². The molecule has 9 heteroatoms. The smallest absolute Gasteiger partial charge is 0.410 e. The number of ether oxygens (including phenoxy) is 1. The lowest BCUT2D eigenvalue weighted by Gasteiger charge is -2.40. The van der Waals surface area contributed by atoms with Crippen LogP contribution in [0.5, 0.6) is 0 Å². The minimum atomic E-state index is -0.499. The molecule has 3 heterocycles. The van der Waals surface area contributed by atoms with Gasteiger partial charge in [0.05, 0.1) is 5.88 Å². The van der Waals surface area contributed by atoms with Crippen LogP contribution in [0.2, 0.25) is 0 Å². The average molecular weight is 489 g/mol. The minimum Gasteiger partial charge on any atom is -0.445 e. The predicted octanol–water partition coefficient (Wildman–Crippen LogP) is 2.49. The van der Waals surface area contributed by atoms with Crippen LogP contribution < -0.4 is 0 Å². The van der Waals surface area contributed by atoms with Crippen molar-refractivity contribution in [3.63, 3.8) is 0 Å². The molecule has 3 amide bonds. The third-order valence-corrected chi connectivity index (χ3v) is 7.79. The van der Waals surface area contributed by atoms with Crippen LogP contribution in [0.1, 0.15) is 32.8 Å². The summed E-state index contributed by atoms with van der Waals surface area (Å²) in [6.45, 7) is 10.1. The molecule has 0 aliphatic carbocycles. The van der Waals surface area contributed by atoms with Gasteiger partial charge in [0, 0.05) is 56.5 Å². The zero-order valence-electron chi connectivity index (χ0n) is 20.4. The lowest BCUT2D eigenvalue weighted by Crippen LogP contribution is -2.54. The van der Waals surface area contributed by atoms with E-state index >= 15 is 0 Å². The standard InChI is InChI=1S/C25H36N4O4S/c1-25(2,3)23(31)27-11-9-26(10-12-27)20-15-21(22(30)28-13-14-34-18-28)29(16-20)24(32)33-17-19-7-5-4-6-8-19/h4-8,20-21H,9-18H2,1-3H3/t20-,21-/m0/s1. The van der Waals surface area contributed by atoms with E-state index in [1.165, 1.54) is 0 Å². The van der Waals surface area contributed by atoms with Gasteiger partial charge in [-0.1, -0.05) is 51.1 Å². The van der Waals surface area contributed by atoms with E-state index in [0.717, 1.165) is 31.0 Å². The molecule has 0 saturated carbocycles. The van der Waals surface area contributed by atoms with E-state index in [1.807, 2.05) is 60.9 Å². The molecular formula is C25H36N4O4S. The number of amides is 3. The minimum absolute atomic E-state index is 0.0192. The summed E-state index contributed by atoms with van der Waals surface area (Å²) in [7, 11) is 0. The van der Waals surface area contributed by atoms with Crippen LogP contribution in [0.4, 0.5) is 4.79 Å². The van der Waals surface area contributed by atoms with Crippen molar-refractivity contribution in [3.8, 4) is 0 Å². The van der Waals surface area contributed by atoms with Crippen LogP contribution in [0.15, 0.2) is 30.3 Å². The number of hydrogen-bond acceptors (Lipinski definition) is 6. The average Bonchev–Trinajstić information content (AvgIpc) is 3.53. The molecule has 3 fully saturated rings. The van der Waals surface area contributed by atoms with Crippen LogP contribution in [0.3, 0.4) is 0 Å². The molecular weight excluding hydrogens is 452 g/mol. The van der Waals surface area contributed by atoms with Gasteiger partial charge in [-0.3, -0.25) is 19.4 Å². The van der Waals surface area contributed by atoms with Crippen LogP contribution >= 0.6 is 11.8 Å². The first-order valence-corrected chi connectivity index (χ1v) is 13.3. The molecule has 3 aliphatic heterocycles. The highest BCUT2D eigenvalue weighted by molar-refractivity contribution is 7.99. The Morgan fingerprint density at radius 1 is 1.00 bits per heavy atom. The van der Waals surface area contributed by atoms with Crippen molar-refractivity contribution in [1.29, 1.82) is 0 Å². The summed E-state index contributed by atoms with van der Waals surface area (Å²) in [6.07, 6.45) is 0.173. The molecule has 0 spiro atoms. The summed E-state index contributed by atoms with van der Waals surface area (Å²) in [4.78, 5) is 46.8. The van der Waals surface area contributed by atoms with E-state index in [0.29, 0.717) is 31.9 Å². The second kappa shape index (κ2) is 10.6. The van der Waals surface area contributed by atoms with E-state index in [1.54, 1.807) is 16.7 Å². The van der Waals surface area contributed by atoms with Gasteiger partial charge in [0.2, 0.25) is 11.8 Å². The maximum atomic E-state index is 13.3. The maximum Gasteiger partial charge on any atom is 0.410 e. The summed E-state index contributed by atoms with van der Waals surface area (Å²) < 4.78 is 5.62. The zero-order chi connectivity index (χ0) is 24.3. The molecule has 0 N–H and O–H groups in total. The summed E-state index contributed by atoms with van der Waals surface area (Å²) in [5.41, 5.74) is 0.533. The van der Waals surface area contributed by atoms with Crippen LogP contribution in [-0.2, 0) is 20.9 Å². The second-order valence-electron chi connectivity index (χ2n) is 10.3. The molecule has 0 aromatic heterocycles. The number of benzene rings is 1. The SMILES string of the molecule is CC(C)(C)C(=O)N1CCN([C@H]2C[C@@H](C(=O)N3CCSC3)N(C(=O)OCc3ccccc3)C2)CC1. The van der Waals surface area contributed by atoms with E-state index in [4.69, 9.17) is 4.74 Å². The molecule has 4 rings (SSSR count). The second-order valence-corrected chi connectivity index (χ2v) is 11.4. The Balaban J connectivity index is 1.41. The van der Waals surface area contributed by atoms with Crippen LogP contribution in [-0.4, -0.2) is 100 Å². The van der Waals surface area contributed by atoms with E-state index in [-0.39, 0.29) is 29.9 Å². The topological polar surface area (TPSA) is 73.4 Å². The third kappa shape index (κ3) is 5.68. The molecule has 0 radical (unpaired) electrons. The number of nitrogens with zero attached hydrogens (tertiary/aromatic N) is 4. The Kier molecular flexibility index (Phi) is 7.72. The van der Waals surface area contributed by atoms with Crippen LogP contribution in [0.25, 0.3) is 0 Å². The Hall–Kier alpha value is -2.26. The Labute approximate surface area is 206 Å². The lowest BCUT2D eigenvalue weighted by atomic mass is 9.94. The highest BCUT2D eigenvalue weighted by Gasteiger charge is 2.45. The van der Waals surface area contributed by atoms with Crippen LogP contribution in [0, 0.1) is 5.41 Å². The predicted molar refractivity (Wildman–Crippen MR) is 132 cm³/mol. The molecule has 186 valence electrons. The van der Waals surface area contributed by atoms with Crippen molar-refractivity contribution in [2.45, 2.75) is 45.9 Å². The number of piperazine rings is 1. The van der Waals surface area contributed by atoms with Gasteiger partial charge in [-0.2, -0.15) is 0 Å². The monoisotopic (exact) mass is 488 g/mol. The van der Waals surface area contributed by atoms with Gasteiger partial charge in [0.25, 0.3) is 0 Å². The van der Waals surface area contributed by atoms with Gasteiger partial charge in [-0.05, 0) is 12.0 Å². The molecule has 3 saturated heterocycles. The van der Waals surface area contributed by atoms with Crippen molar-refractivity contribution >= 4 is 29.7 Å². The van der Waals surface area contributed by atoms with E-state index < -0.39 is 12.1 Å². The van der Waals surface area contributed by atoms with Crippen molar-refractivity contribution in [2.24, 2.45) is 5.41 Å². The van der Waals surface area contributed by atoms with Gasteiger partial charge in [-0.15, -0.1) is 11.8 Å². The Morgan fingerprint density at radius 2 is 1.71 bits per heavy atom.